The molecular weight excluding hydrogens is 442 g/mol. The van der Waals surface area contributed by atoms with E-state index in [4.69, 9.17) is 13.9 Å². The third kappa shape index (κ3) is 6.47. The highest BCUT2D eigenvalue weighted by atomic mass is 16.6. The zero-order chi connectivity index (χ0) is 24.9. The van der Waals surface area contributed by atoms with Crippen LogP contribution in [0.4, 0.5) is 4.79 Å². The van der Waals surface area contributed by atoms with Gasteiger partial charge in [-0.25, -0.2) is 9.59 Å². The van der Waals surface area contributed by atoms with E-state index in [-0.39, 0.29) is 24.8 Å². The van der Waals surface area contributed by atoms with Gasteiger partial charge in [-0.05, 0) is 58.1 Å². The predicted molar refractivity (Wildman–Crippen MR) is 125 cm³/mol. The Morgan fingerprint density at radius 1 is 1.21 bits per heavy atom. The van der Waals surface area contributed by atoms with Gasteiger partial charge in [0.2, 0.25) is 11.8 Å². The quantitative estimate of drug-likeness (QED) is 0.437. The van der Waals surface area contributed by atoms with E-state index in [2.05, 4.69) is 5.32 Å². The van der Waals surface area contributed by atoms with Crippen molar-refractivity contribution in [2.75, 3.05) is 26.8 Å². The molecule has 1 aliphatic heterocycles. The number of fused-ring (bicyclic) bond motifs is 1. The lowest BCUT2D eigenvalue weighted by Gasteiger charge is -2.24. The molecule has 3 amide bonds. The zero-order valence-corrected chi connectivity index (χ0v) is 20.2. The summed E-state index contributed by atoms with van der Waals surface area (Å²) < 4.78 is 17.8. The Hall–Kier alpha value is -3.14. The maximum Gasteiger partial charge on any atom is 0.420 e. The van der Waals surface area contributed by atoms with Crippen LogP contribution in [0.2, 0.25) is 0 Å². The van der Waals surface area contributed by atoms with E-state index in [1.54, 1.807) is 13.1 Å². The lowest BCUT2D eigenvalue weighted by atomic mass is 10.0. The maximum absolute atomic E-state index is 12.5. The van der Waals surface area contributed by atoms with Crippen LogP contribution in [0.25, 0.3) is 11.1 Å². The fraction of sp³-hybridized carbons (Fsp3) is 0.583. The summed E-state index contributed by atoms with van der Waals surface area (Å²) >= 11 is 0. The van der Waals surface area contributed by atoms with E-state index in [0.29, 0.717) is 50.1 Å². The van der Waals surface area contributed by atoms with Crippen LogP contribution in [0, 0.1) is 0 Å². The lowest BCUT2D eigenvalue weighted by Crippen LogP contribution is -2.43. The number of piperidine rings is 1. The van der Waals surface area contributed by atoms with Gasteiger partial charge in [0.05, 0.1) is 5.52 Å². The molecular formula is C24H33N3O7. The number of rotatable bonds is 9. The number of para-hydroxylation sites is 1. The minimum absolute atomic E-state index is 0.181. The molecule has 34 heavy (non-hydrogen) atoms. The number of hydrogen-bond donors (Lipinski definition) is 1. The molecule has 1 aromatic carbocycles. The van der Waals surface area contributed by atoms with Gasteiger partial charge in [0, 0.05) is 33.2 Å². The lowest BCUT2D eigenvalue weighted by molar-refractivity contribution is -0.135. The second-order valence-corrected chi connectivity index (χ2v) is 9.44. The van der Waals surface area contributed by atoms with Crippen LogP contribution >= 0.6 is 0 Å². The largest absolute Gasteiger partial charge is 0.444 e. The number of aromatic nitrogens is 1. The van der Waals surface area contributed by atoms with Crippen LogP contribution < -0.4 is 11.1 Å². The molecule has 1 fully saturated rings. The second kappa shape index (κ2) is 10.9. The monoisotopic (exact) mass is 475 g/mol. The Morgan fingerprint density at radius 3 is 2.65 bits per heavy atom. The first-order valence-electron chi connectivity index (χ1n) is 11.6. The first kappa shape index (κ1) is 25.5. The molecule has 0 radical (unpaired) electrons. The standard InChI is InChI=1S/C24H33N3O7/c1-24(2,3)34-22(30)26(4)13-7-15-32-14-6-9-16-8-5-10-17-20(16)33-23(31)27(17)18-11-12-19(28)25-21(18)29/h5,8,10,18H,6-7,9,11-15H2,1-4H3,(H,25,28,29). The first-order valence-corrected chi connectivity index (χ1v) is 11.6. The number of imide groups is 1. The molecule has 10 heteroatoms. The minimum Gasteiger partial charge on any atom is -0.444 e. The summed E-state index contributed by atoms with van der Waals surface area (Å²) in [6.07, 6.45) is 2.13. The Kier molecular flexibility index (Phi) is 8.14. The topological polar surface area (TPSA) is 120 Å². The fourth-order valence-electron chi connectivity index (χ4n) is 3.84. The highest BCUT2D eigenvalue weighted by Gasteiger charge is 2.31. The molecule has 3 rings (SSSR count). The Bertz CT molecular complexity index is 1100. The van der Waals surface area contributed by atoms with E-state index in [9.17, 15) is 19.2 Å². The van der Waals surface area contributed by atoms with Crippen LogP contribution in [0.5, 0.6) is 0 Å². The van der Waals surface area contributed by atoms with Crippen molar-refractivity contribution < 1.29 is 28.3 Å². The summed E-state index contributed by atoms with van der Waals surface area (Å²) in [7, 11) is 1.70. The number of aryl methyl sites for hydroxylation is 1. The summed E-state index contributed by atoms with van der Waals surface area (Å²) in [5.74, 6) is -1.43. The van der Waals surface area contributed by atoms with E-state index in [1.807, 2.05) is 32.9 Å². The van der Waals surface area contributed by atoms with Gasteiger partial charge in [-0.1, -0.05) is 12.1 Å². The van der Waals surface area contributed by atoms with Crippen molar-refractivity contribution in [3.05, 3.63) is 34.3 Å². The summed E-state index contributed by atoms with van der Waals surface area (Å²) in [6, 6.07) is 4.69. The molecule has 1 aromatic heterocycles. The smallest absolute Gasteiger partial charge is 0.420 e. The SMILES string of the molecule is CN(CCCOCCCc1cccc2c1oc(=O)n2C1CCC(=O)NC1=O)C(=O)OC(C)(C)C. The average Bonchev–Trinajstić information content (AvgIpc) is 3.08. The number of benzene rings is 1. The molecule has 1 N–H and O–H groups in total. The van der Waals surface area contributed by atoms with Crippen molar-refractivity contribution in [1.29, 1.82) is 0 Å². The number of nitrogens with zero attached hydrogens (tertiary/aromatic N) is 2. The number of carbonyl (C=O) groups is 3. The predicted octanol–water partition coefficient (Wildman–Crippen LogP) is 2.78. The van der Waals surface area contributed by atoms with Crippen molar-refractivity contribution in [1.82, 2.24) is 14.8 Å². The van der Waals surface area contributed by atoms with Crippen LogP contribution in [-0.4, -0.2) is 59.8 Å². The van der Waals surface area contributed by atoms with Crippen molar-refractivity contribution in [2.24, 2.45) is 0 Å². The van der Waals surface area contributed by atoms with E-state index in [0.717, 1.165) is 5.56 Å². The van der Waals surface area contributed by atoms with Crippen molar-refractivity contribution in [3.63, 3.8) is 0 Å². The van der Waals surface area contributed by atoms with E-state index in [1.165, 1.54) is 9.47 Å². The van der Waals surface area contributed by atoms with Gasteiger partial charge in [-0.3, -0.25) is 19.5 Å². The van der Waals surface area contributed by atoms with E-state index >= 15 is 0 Å². The summed E-state index contributed by atoms with van der Waals surface area (Å²) in [6.45, 7) is 7.06. The Morgan fingerprint density at radius 2 is 1.94 bits per heavy atom. The molecule has 2 aromatic rings. The molecule has 1 aliphatic rings. The molecule has 1 unspecified atom stereocenters. The molecule has 2 heterocycles. The van der Waals surface area contributed by atoms with Crippen molar-refractivity contribution in [2.45, 2.75) is 64.5 Å². The van der Waals surface area contributed by atoms with Gasteiger partial charge >= 0.3 is 11.8 Å². The average molecular weight is 476 g/mol. The number of hydrogen-bond acceptors (Lipinski definition) is 7. The van der Waals surface area contributed by atoms with Gasteiger partial charge in [0.25, 0.3) is 0 Å². The van der Waals surface area contributed by atoms with Gasteiger partial charge in [0.15, 0.2) is 5.58 Å². The van der Waals surface area contributed by atoms with Crippen LogP contribution in [-0.2, 0) is 25.5 Å². The highest BCUT2D eigenvalue weighted by molar-refractivity contribution is 6.00. The minimum atomic E-state index is -0.760. The number of oxazole rings is 1. The molecule has 1 saturated heterocycles. The molecule has 10 nitrogen and oxygen atoms in total. The maximum atomic E-state index is 12.5. The fourth-order valence-corrected chi connectivity index (χ4v) is 3.84. The molecule has 0 bridgehead atoms. The third-order valence-corrected chi connectivity index (χ3v) is 5.47. The van der Waals surface area contributed by atoms with Crippen LogP contribution in [0.3, 0.4) is 0 Å². The number of ether oxygens (including phenoxy) is 2. The van der Waals surface area contributed by atoms with Crippen molar-refractivity contribution >= 4 is 29.0 Å². The first-order chi connectivity index (χ1) is 16.1. The van der Waals surface area contributed by atoms with Crippen molar-refractivity contribution in [3.8, 4) is 0 Å². The van der Waals surface area contributed by atoms with Crippen LogP contribution in [0.15, 0.2) is 27.4 Å². The molecule has 0 saturated carbocycles. The number of amides is 3. The summed E-state index contributed by atoms with van der Waals surface area (Å²) in [5.41, 5.74) is 1.33. The molecule has 0 spiro atoms. The van der Waals surface area contributed by atoms with Gasteiger partial charge in [-0.2, -0.15) is 0 Å². The van der Waals surface area contributed by atoms with Gasteiger partial charge < -0.3 is 18.8 Å². The molecule has 1 atom stereocenters. The second-order valence-electron chi connectivity index (χ2n) is 9.44. The third-order valence-electron chi connectivity index (χ3n) is 5.47. The number of nitrogens with one attached hydrogen (secondary N) is 1. The number of carbonyl (C=O) groups excluding carboxylic acids is 3. The van der Waals surface area contributed by atoms with E-state index < -0.39 is 23.3 Å². The molecule has 186 valence electrons. The van der Waals surface area contributed by atoms with Gasteiger partial charge in [0.1, 0.15) is 11.6 Å². The summed E-state index contributed by atoms with van der Waals surface area (Å²) in [5, 5.41) is 2.28. The normalized spacial score (nSPS) is 16.5. The Labute approximate surface area is 198 Å². The summed E-state index contributed by atoms with van der Waals surface area (Å²) in [4.78, 5) is 49.7. The Balaban J connectivity index is 1.48. The zero-order valence-electron chi connectivity index (χ0n) is 20.2. The van der Waals surface area contributed by atoms with Gasteiger partial charge in [-0.15, -0.1) is 0 Å². The highest BCUT2D eigenvalue weighted by Crippen LogP contribution is 2.25. The van der Waals surface area contributed by atoms with Crippen LogP contribution in [0.1, 0.15) is 58.1 Å². The molecule has 0 aliphatic carbocycles.